The predicted octanol–water partition coefficient (Wildman–Crippen LogP) is 4.98. The van der Waals surface area contributed by atoms with Gasteiger partial charge in [0.25, 0.3) is 5.91 Å². The maximum atomic E-state index is 15.5. The van der Waals surface area contributed by atoms with Crippen LogP contribution in [0.2, 0.25) is 0 Å². The molecule has 0 saturated heterocycles. The molecule has 0 aliphatic heterocycles. The van der Waals surface area contributed by atoms with Crippen LogP contribution in [0.1, 0.15) is 79.4 Å². The van der Waals surface area contributed by atoms with Crippen molar-refractivity contribution in [2.75, 3.05) is 5.32 Å². The van der Waals surface area contributed by atoms with E-state index in [9.17, 15) is 14.7 Å². The molecule has 1 aromatic heterocycles. The molecule has 2 unspecified atom stereocenters. The smallest absolute Gasteiger partial charge is 0.350 e. The zero-order valence-electron chi connectivity index (χ0n) is 22.0. The van der Waals surface area contributed by atoms with E-state index in [1.54, 1.807) is 0 Å². The lowest BCUT2D eigenvalue weighted by Crippen LogP contribution is -2.27. The third kappa shape index (κ3) is 5.61. The number of nitrogens with one attached hydrogen (secondary N) is 1. The highest BCUT2D eigenvalue weighted by Gasteiger charge is 2.26. The first-order valence-corrected chi connectivity index (χ1v) is 12.8. The van der Waals surface area contributed by atoms with Crippen LogP contribution in [0.5, 0.6) is 5.75 Å². The number of hydrogen-bond acceptors (Lipinski definition) is 5. The molecule has 2 atom stereocenters. The van der Waals surface area contributed by atoms with Gasteiger partial charge in [-0.15, -0.1) is 5.10 Å². The number of anilines is 1. The number of amides is 1. The third-order valence-corrected chi connectivity index (χ3v) is 7.17. The highest BCUT2D eigenvalue weighted by atomic mass is 19.1. The number of nitrogens with zero attached hydrogens (tertiary/aromatic N) is 3. The minimum Gasteiger partial charge on any atom is -0.490 e. The number of aliphatic hydroxyl groups excluding tert-OH is 1. The van der Waals surface area contributed by atoms with Crippen molar-refractivity contribution in [2.24, 2.45) is 13.0 Å². The highest BCUT2D eigenvalue weighted by Crippen LogP contribution is 2.32. The fourth-order valence-corrected chi connectivity index (χ4v) is 5.00. The molecule has 37 heavy (non-hydrogen) atoms. The summed E-state index contributed by atoms with van der Waals surface area (Å²) >= 11 is 0. The van der Waals surface area contributed by atoms with Crippen LogP contribution >= 0.6 is 0 Å². The summed E-state index contributed by atoms with van der Waals surface area (Å²) in [6.45, 7) is 7.29. The molecule has 1 aliphatic carbocycles. The van der Waals surface area contributed by atoms with Crippen LogP contribution in [0.3, 0.4) is 0 Å². The standard InChI is InChI=1S/C28H35FN4O4/c1-16-11-12-23(17(2)13-16)30-27(35)21-14-22(29)24(33-28(36)32(5)26(31-33)18(3)34)15-25(21)37-19(4)20-9-7-6-8-10-20/h11-15,18-20,34H,6-10H2,1-5H3,(H,30,35). The molecule has 9 heteroatoms. The van der Waals surface area contributed by atoms with E-state index >= 15 is 4.39 Å². The molecule has 198 valence electrons. The Hall–Kier alpha value is -3.46. The van der Waals surface area contributed by atoms with Gasteiger partial charge in [-0.3, -0.25) is 9.36 Å². The fourth-order valence-electron chi connectivity index (χ4n) is 5.00. The number of benzene rings is 2. The molecule has 4 rings (SSSR count). The number of halogens is 1. The van der Waals surface area contributed by atoms with Crippen molar-refractivity contribution in [3.63, 3.8) is 0 Å². The molecule has 0 bridgehead atoms. The lowest BCUT2D eigenvalue weighted by atomic mass is 9.86. The maximum Gasteiger partial charge on any atom is 0.350 e. The monoisotopic (exact) mass is 510 g/mol. The summed E-state index contributed by atoms with van der Waals surface area (Å²) < 4.78 is 23.8. The quantitative estimate of drug-likeness (QED) is 0.467. The molecule has 2 aromatic carbocycles. The van der Waals surface area contributed by atoms with Crippen molar-refractivity contribution >= 4 is 11.6 Å². The molecular weight excluding hydrogens is 475 g/mol. The molecule has 0 radical (unpaired) electrons. The summed E-state index contributed by atoms with van der Waals surface area (Å²) in [6.07, 6.45) is 4.26. The number of aryl methyl sites for hydroxylation is 2. The number of ether oxygens (including phenoxy) is 1. The summed E-state index contributed by atoms with van der Waals surface area (Å²) in [4.78, 5) is 26.2. The zero-order chi connectivity index (χ0) is 26.9. The van der Waals surface area contributed by atoms with Crippen LogP contribution < -0.4 is 15.7 Å². The first-order chi connectivity index (χ1) is 17.6. The Balaban J connectivity index is 1.76. The molecule has 1 saturated carbocycles. The molecular formula is C28H35FN4O4. The van der Waals surface area contributed by atoms with E-state index in [-0.39, 0.29) is 28.9 Å². The number of aliphatic hydroxyl groups is 1. The number of aromatic nitrogens is 3. The summed E-state index contributed by atoms with van der Waals surface area (Å²) in [6, 6.07) is 8.09. The van der Waals surface area contributed by atoms with Crippen molar-refractivity contribution < 1.29 is 19.0 Å². The molecule has 3 aromatic rings. The Bertz CT molecular complexity index is 1350. The first kappa shape index (κ1) is 26.6. The topological polar surface area (TPSA) is 98.4 Å². The van der Waals surface area contributed by atoms with Gasteiger partial charge in [0, 0.05) is 18.8 Å². The minimum atomic E-state index is -1.02. The number of carbonyl (C=O) groups excluding carboxylic acids is 1. The van der Waals surface area contributed by atoms with Crippen molar-refractivity contribution in [3.05, 3.63) is 69.1 Å². The van der Waals surface area contributed by atoms with Gasteiger partial charge < -0.3 is 15.2 Å². The second-order valence-corrected chi connectivity index (χ2v) is 10.1. The van der Waals surface area contributed by atoms with Gasteiger partial charge in [0.1, 0.15) is 23.4 Å². The van der Waals surface area contributed by atoms with E-state index in [1.807, 2.05) is 39.0 Å². The Morgan fingerprint density at radius 1 is 1.16 bits per heavy atom. The van der Waals surface area contributed by atoms with Crippen molar-refractivity contribution in [2.45, 2.75) is 72.0 Å². The summed E-state index contributed by atoms with van der Waals surface area (Å²) in [5.41, 5.74) is 1.83. The van der Waals surface area contributed by atoms with E-state index in [4.69, 9.17) is 4.74 Å². The molecule has 0 spiro atoms. The fraction of sp³-hybridized carbons (Fsp3) is 0.464. The van der Waals surface area contributed by atoms with Gasteiger partial charge in [0.2, 0.25) is 0 Å². The van der Waals surface area contributed by atoms with Crippen molar-refractivity contribution in [1.29, 1.82) is 0 Å². The second kappa shape index (κ2) is 10.9. The van der Waals surface area contributed by atoms with E-state index < -0.39 is 23.5 Å². The predicted molar refractivity (Wildman–Crippen MR) is 140 cm³/mol. The van der Waals surface area contributed by atoms with Crippen LogP contribution in [0.4, 0.5) is 10.1 Å². The van der Waals surface area contributed by atoms with E-state index in [2.05, 4.69) is 10.4 Å². The minimum absolute atomic E-state index is 0.0311. The van der Waals surface area contributed by atoms with Crippen molar-refractivity contribution in [3.8, 4) is 11.4 Å². The maximum absolute atomic E-state index is 15.5. The Morgan fingerprint density at radius 2 is 1.86 bits per heavy atom. The number of hydrogen-bond donors (Lipinski definition) is 2. The molecule has 1 aliphatic rings. The largest absolute Gasteiger partial charge is 0.490 e. The van der Waals surface area contributed by atoms with E-state index in [0.29, 0.717) is 11.6 Å². The molecule has 1 amide bonds. The van der Waals surface area contributed by atoms with Crippen molar-refractivity contribution in [1.82, 2.24) is 14.3 Å². The number of carbonyl (C=O) groups is 1. The second-order valence-electron chi connectivity index (χ2n) is 10.1. The van der Waals surface area contributed by atoms with Crippen LogP contribution in [-0.2, 0) is 7.05 Å². The summed E-state index contributed by atoms with van der Waals surface area (Å²) in [7, 11) is 1.46. The van der Waals surface area contributed by atoms with Crippen LogP contribution in [0.25, 0.3) is 5.69 Å². The molecule has 1 heterocycles. The summed E-state index contributed by atoms with van der Waals surface area (Å²) in [5, 5.41) is 17.0. The van der Waals surface area contributed by atoms with Crippen LogP contribution in [0.15, 0.2) is 35.1 Å². The van der Waals surface area contributed by atoms with Crippen LogP contribution in [0, 0.1) is 25.6 Å². The normalized spacial score (nSPS) is 15.9. The SMILES string of the molecule is Cc1ccc(NC(=O)c2cc(F)c(-n3nc(C(C)O)n(C)c3=O)cc2OC(C)C2CCCCC2)c(C)c1. The molecule has 1 fully saturated rings. The number of rotatable bonds is 7. The zero-order valence-corrected chi connectivity index (χ0v) is 22.0. The van der Waals surface area contributed by atoms with Gasteiger partial charge in [0.15, 0.2) is 5.82 Å². The Morgan fingerprint density at radius 3 is 2.49 bits per heavy atom. The molecule has 8 nitrogen and oxygen atoms in total. The lowest BCUT2D eigenvalue weighted by molar-refractivity contribution is 0.0997. The van der Waals surface area contributed by atoms with E-state index in [1.165, 1.54) is 26.5 Å². The molecule has 2 N–H and O–H groups in total. The van der Waals surface area contributed by atoms with Gasteiger partial charge in [-0.2, -0.15) is 4.68 Å². The third-order valence-electron chi connectivity index (χ3n) is 7.17. The van der Waals surface area contributed by atoms with Gasteiger partial charge in [-0.05, 0) is 64.2 Å². The average molecular weight is 511 g/mol. The van der Waals surface area contributed by atoms with Gasteiger partial charge >= 0.3 is 5.69 Å². The van der Waals surface area contributed by atoms with Gasteiger partial charge in [-0.25, -0.2) is 9.18 Å². The lowest BCUT2D eigenvalue weighted by Gasteiger charge is -2.29. The summed E-state index contributed by atoms with van der Waals surface area (Å²) in [5.74, 6) is -0.731. The first-order valence-electron chi connectivity index (χ1n) is 12.8. The Kier molecular flexibility index (Phi) is 7.82. The van der Waals surface area contributed by atoms with Crippen LogP contribution in [-0.4, -0.2) is 31.5 Å². The Labute approximate surface area is 216 Å². The average Bonchev–Trinajstić information content (AvgIpc) is 3.16. The van der Waals surface area contributed by atoms with Gasteiger partial charge in [0.05, 0.1) is 11.7 Å². The van der Waals surface area contributed by atoms with Gasteiger partial charge in [-0.1, -0.05) is 37.0 Å². The highest BCUT2D eigenvalue weighted by molar-refractivity contribution is 6.06. The van der Waals surface area contributed by atoms with E-state index in [0.717, 1.165) is 52.1 Å².